The maximum Gasteiger partial charge on any atom is 0.228 e. The number of anilines is 1. The number of hydrogen-bond donors (Lipinski definition) is 1. The fourth-order valence-corrected chi connectivity index (χ4v) is 1.88. The number of fused-ring (bicyclic) bond motifs is 3. The van der Waals surface area contributed by atoms with Crippen LogP contribution in [0.2, 0.25) is 0 Å². The van der Waals surface area contributed by atoms with E-state index in [2.05, 4.69) is 10.3 Å². The van der Waals surface area contributed by atoms with E-state index < -0.39 is 0 Å². The third kappa shape index (κ3) is 1.65. The molecule has 1 aliphatic rings. The van der Waals surface area contributed by atoms with Gasteiger partial charge in [0, 0.05) is 17.3 Å². The molecule has 2 aromatic rings. The highest BCUT2D eigenvalue weighted by molar-refractivity contribution is 6.05. The third-order valence-corrected chi connectivity index (χ3v) is 2.51. The number of aromatic nitrogens is 1. The van der Waals surface area contributed by atoms with Gasteiger partial charge in [-0.05, 0) is 23.8 Å². The zero-order valence-corrected chi connectivity index (χ0v) is 9.45. The van der Waals surface area contributed by atoms with Crippen LogP contribution in [0, 0.1) is 0 Å². The van der Waals surface area contributed by atoms with Crippen molar-refractivity contribution in [1.29, 1.82) is 0 Å². The molecular weight excluding hydrogens is 200 g/mol. The zero-order valence-electron chi connectivity index (χ0n) is 9.45. The van der Waals surface area contributed by atoms with Crippen molar-refractivity contribution in [2.24, 2.45) is 0 Å². The number of nitrogens with zero attached hydrogens (tertiary/aromatic N) is 1. The first-order valence-corrected chi connectivity index (χ1v) is 5.51. The van der Waals surface area contributed by atoms with E-state index in [4.69, 9.17) is 0 Å². The van der Waals surface area contributed by atoms with Gasteiger partial charge >= 0.3 is 0 Å². The monoisotopic (exact) mass is 214 g/mol. The van der Waals surface area contributed by atoms with E-state index in [1.807, 2.05) is 38.1 Å². The topological polar surface area (TPSA) is 42.0 Å². The van der Waals surface area contributed by atoms with Crippen LogP contribution in [-0.4, -0.2) is 10.9 Å². The number of hydrogen-bond acceptors (Lipinski definition) is 2. The maximum atomic E-state index is 11.2. The summed E-state index contributed by atoms with van der Waals surface area (Å²) in [6.07, 6.45) is 2.23. The average molecular weight is 214 g/mol. The lowest BCUT2D eigenvalue weighted by Gasteiger charge is -2.01. The Morgan fingerprint density at radius 1 is 1.25 bits per heavy atom. The Balaban J connectivity index is 0.000000457. The molecule has 16 heavy (non-hydrogen) atoms. The van der Waals surface area contributed by atoms with Crippen molar-refractivity contribution >= 4 is 22.5 Å². The van der Waals surface area contributed by atoms with Gasteiger partial charge in [-0.2, -0.15) is 0 Å². The second-order valence-electron chi connectivity index (χ2n) is 3.39. The first-order valence-electron chi connectivity index (χ1n) is 5.51. The molecule has 3 rings (SSSR count). The van der Waals surface area contributed by atoms with E-state index in [0.717, 1.165) is 22.2 Å². The van der Waals surface area contributed by atoms with E-state index in [1.165, 1.54) is 0 Å². The first-order chi connectivity index (χ1) is 7.84. The van der Waals surface area contributed by atoms with E-state index in [0.29, 0.717) is 6.42 Å². The van der Waals surface area contributed by atoms with Crippen molar-refractivity contribution in [2.75, 3.05) is 5.32 Å². The van der Waals surface area contributed by atoms with Crippen molar-refractivity contribution in [3.63, 3.8) is 0 Å². The minimum atomic E-state index is 0.0661. The smallest absolute Gasteiger partial charge is 0.228 e. The number of benzene rings is 1. The minimum absolute atomic E-state index is 0.0661. The number of amides is 1. The Kier molecular flexibility index (Phi) is 2.86. The maximum absolute atomic E-state index is 11.2. The van der Waals surface area contributed by atoms with Gasteiger partial charge in [0.15, 0.2) is 0 Å². The number of carbonyl (C=O) groups excluding carboxylic acids is 1. The molecule has 0 saturated heterocycles. The quantitative estimate of drug-likeness (QED) is 0.732. The number of pyridine rings is 1. The summed E-state index contributed by atoms with van der Waals surface area (Å²) in [7, 11) is 0. The lowest BCUT2D eigenvalue weighted by Crippen LogP contribution is -2.03. The molecule has 1 aromatic heterocycles. The lowest BCUT2D eigenvalue weighted by atomic mass is 10.1. The first kappa shape index (κ1) is 10.6. The second kappa shape index (κ2) is 4.31. The molecule has 0 fully saturated rings. The molecule has 0 saturated carbocycles. The Hall–Kier alpha value is -1.90. The van der Waals surface area contributed by atoms with Crippen LogP contribution in [0.15, 0.2) is 30.5 Å². The highest BCUT2D eigenvalue weighted by atomic mass is 16.1. The van der Waals surface area contributed by atoms with Crippen LogP contribution in [0.1, 0.15) is 19.4 Å². The normalized spacial score (nSPS) is 12.8. The van der Waals surface area contributed by atoms with Crippen LogP contribution in [0.3, 0.4) is 0 Å². The fraction of sp³-hybridized carbons (Fsp3) is 0.231. The van der Waals surface area contributed by atoms with Crippen molar-refractivity contribution in [3.8, 4) is 0 Å². The number of nitrogens with one attached hydrogen (secondary N) is 1. The zero-order chi connectivity index (χ0) is 11.5. The molecule has 1 amide bonds. The summed E-state index contributed by atoms with van der Waals surface area (Å²) in [6.45, 7) is 4.00. The van der Waals surface area contributed by atoms with Gasteiger partial charge in [-0.1, -0.05) is 19.9 Å². The van der Waals surface area contributed by atoms with Crippen molar-refractivity contribution < 1.29 is 4.79 Å². The SMILES string of the molecule is CC.O=C1Cc2c(ccc3ncccc23)N1. The van der Waals surface area contributed by atoms with Crippen molar-refractivity contribution in [3.05, 3.63) is 36.0 Å². The lowest BCUT2D eigenvalue weighted by molar-refractivity contribution is -0.115. The molecule has 0 spiro atoms. The van der Waals surface area contributed by atoms with E-state index in [1.54, 1.807) is 6.20 Å². The van der Waals surface area contributed by atoms with Crippen LogP contribution >= 0.6 is 0 Å². The molecule has 1 aromatic carbocycles. The van der Waals surface area contributed by atoms with Crippen LogP contribution in [0.5, 0.6) is 0 Å². The molecule has 0 atom stereocenters. The van der Waals surface area contributed by atoms with Gasteiger partial charge in [0.25, 0.3) is 0 Å². The predicted octanol–water partition coefficient (Wildman–Crippen LogP) is 2.76. The summed E-state index contributed by atoms with van der Waals surface area (Å²) in [5, 5.41) is 3.90. The molecule has 0 bridgehead atoms. The van der Waals surface area contributed by atoms with Crippen LogP contribution in [-0.2, 0) is 11.2 Å². The average Bonchev–Trinajstić information content (AvgIpc) is 2.72. The summed E-state index contributed by atoms with van der Waals surface area (Å²) in [4.78, 5) is 15.5. The molecule has 82 valence electrons. The molecule has 1 N–H and O–H groups in total. The molecular formula is C13H14N2O. The summed E-state index contributed by atoms with van der Waals surface area (Å²) < 4.78 is 0. The van der Waals surface area contributed by atoms with E-state index >= 15 is 0 Å². The molecule has 3 heteroatoms. The van der Waals surface area contributed by atoms with Crippen LogP contribution in [0.4, 0.5) is 5.69 Å². The van der Waals surface area contributed by atoms with Gasteiger partial charge < -0.3 is 5.32 Å². The highest BCUT2D eigenvalue weighted by Gasteiger charge is 2.19. The summed E-state index contributed by atoms with van der Waals surface area (Å²) >= 11 is 0. The Morgan fingerprint density at radius 3 is 2.88 bits per heavy atom. The molecule has 3 nitrogen and oxygen atoms in total. The van der Waals surface area contributed by atoms with E-state index in [9.17, 15) is 4.79 Å². The van der Waals surface area contributed by atoms with Crippen molar-refractivity contribution in [1.82, 2.24) is 4.98 Å². The standard InChI is InChI=1S/C11H8N2O.C2H6/c14-11-6-8-7-2-1-5-12-9(7)3-4-10(8)13-11;1-2/h1-5H,6H2,(H,13,14);1-2H3. The molecule has 2 heterocycles. The Labute approximate surface area is 94.5 Å². The van der Waals surface area contributed by atoms with Gasteiger partial charge in [0.2, 0.25) is 5.91 Å². The van der Waals surface area contributed by atoms with Gasteiger partial charge in [-0.25, -0.2) is 0 Å². The predicted molar refractivity (Wildman–Crippen MR) is 65.4 cm³/mol. The molecule has 0 radical (unpaired) electrons. The largest absolute Gasteiger partial charge is 0.326 e. The molecule has 0 unspecified atom stereocenters. The minimum Gasteiger partial charge on any atom is -0.326 e. The van der Waals surface area contributed by atoms with Gasteiger partial charge in [-0.15, -0.1) is 0 Å². The molecule has 1 aliphatic heterocycles. The fourth-order valence-electron chi connectivity index (χ4n) is 1.88. The van der Waals surface area contributed by atoms with Crippen LogP contribution in [0.25, 0.3) is 10.9 Å². The molecule has 0 aliphatic carbocycles. The Morgan fingerprint density at radius 2 is 2.06 bits per heavy atom. The highest BCUT2D eigenvalue weighted by Crippen LogP contribution is 2.29. The Bertz CT molecular complexity index is 534. The number of rotatable bonds is 0. The van der Waals surface area contributed by atoms with E-state index in [-0.39, 0.29) is 5.91 Å². The summed E-state index contributed by atoms with van der Waals surface area (Å²) in [5.74, 6) is 0.0661. The second-order valence-corrected chi connectivity index (χ2v) is 3.39. The van der Waals surface area contributed by atoms with Crippen LogP contribution < -0.4 is 5.32 Å². The summed E-state index contributed by atoms with van der Waals surface area (Å²) in [5.41, 5.74) is 2.94. The van der Waals surface area contributed by atoms with Gasteiger partial charge in [0.05, 0.1) is 11.9 Å². The van der Waals surface area contributed by atoms with Gasteiger partial charge in [-0.3, -0.25) is 9.78 Å². The van der Waals surface area contributed by atoms with Crippen molar-refractivity contribution in [2.45, 2.75) is 20.3 Å². The summed E-state index contributed by atoms with van der Waals surface area (Å²) in [6, 6.07) is 7.74. The third-order valence-electron chi connectivity index (χ3n) is 2.51. The van der Waals surface area contributed by atoms with Gasteiger partial charge in [0.1, 0.15) is 0 Å². The number of carbonyl (C=O) groups is 1.